The highest BCUT2D eigenvalue weighted by Gasteiger charge is 2.30. The van der Waals surface area contributed by atoms with Crippen LogP contribution in [0.3, 0.4) is 0 Å². The lowest BCUT2D eigenvalue weighted by Gasteiger charge is -2.14. The second-order valence-electron chi connectivity index (χ2n) is 7.73. The van der Waals surface area contributed by atoms with Crippen LogP contribution < -0.4 is 16.2 Å². The summed E-state index contributed by atoms with van der Waals surface area (Å²) in [6.07, 6.45) is -3.81. The molecule has 180 valence electrons. The van der Waals surface area contributed by atoms with E-state index in [9.17, 15) is 27.2 Å². The van der Waals surface area contributed by atoms with Gasteiger partial charge in [-0.2, -0.15) is 13.2 Å². The number of anilines is 1. The van der Waals surface area contributed by atoms with Gasteiger partial charge in [0.25, 0.3) is 5.56 Å². The zero-order chi connectivity index (χ0) is 25.0. The van der Waals surface area contributed by atoms with Gasteiger partial charge in [0, 0.05) is 18.7 Å². The fraction of sp³-hybridized carbons (Fsp3) is 0.160. The summed E-state index contributed by atoms with van der Waals surface area (Å²) in [5.41, 5.74) is -0.177. The lowest BCUT2D eigenvalue weighted by molar-refractivity contribution is -0.137. The molecular weight excluding hydrogens is 464 g/mol. The summed E-state index contributed by atoms with van der Waals surface area (Å²) < 4.78 is 53.3. The van der Waals surface area contributed by atoms with E-state index < -0.39 is 23.6 Å². The molecule has 6 nitrogen and oxygen atoms in total. The number of fused-ring (bicyclic) bond motifs is 1. The zero-order valence-electron chi connectivity index (χ0n) is 18.3. The number of rotatable bonds is 6. The van der Waals surface area contributed by atoms with Gasteiger partial charge in [0.1, 0.15) is 11.6 Å². The first-order valence-corrected chi connectivity index (χ1v) is 10.7. The minimum Gasteiger partial charge on any atom is -0.338 e. The minimum atomic E-state index is -4.51. The number of carbonyl (C=O) groups excluding carboxylic acids is 1. The van der Waals surface area contributed by atoms with Crippen molar-refractivity contribution in [2.24, 2.45) is 0 Å². The summed E-state index contributed by atoms with van der Waals surface area (Å²) in [5, 5.41) is 5.37. The van der Waals surface area contributed by atoms with Crippen molar-refractivity contribution in [1.82, 2.24) is 14.9 Å². The van der Waals surface area contributed by atoms with Gasteiger partial charge in [-0.3, -0.25) is 9.36 Å². The molecule has 1 heterocycles. The van der Waals surface area contributed by atoms with Crippen LogP contribution >= 0.6 is 0 Å². The number of halogens is 4. The molecule has 0 aliphatic carbocycles. The number of alkyl halides is 3. The fourth-order valence-electron chi connectivity index (χ4n) is 3.60. The average Bonchev–Trinajstić information content (AvgIpc) is 2.82. The lowest BCUT2D eigenvalue weighted by Crippen LogP contribution is -2.30. The molecule has 3 aromatic carbocycles. The van der Waals surface area contributed by atoms with Crippen LogP contribution in [0.1, 0.15) is 17.8 Å². The summed E-state index contributed by atoms with van der Waals surface area (Å²) in [6.45, 7) is 0.177. The summed E-state index contributed by atoms with van der Waals surface area (Å²) in [6, 6.07) is 16.0. The zero-order valence-corrected chi connectivity index (χ0v) is 18.3. The first-order chi connectivity index (χ1) is 16.7. The van der Waals surface area contributed by atoms with E-state index in [1.165, 1.54) is 41.0 Å². The SMILES string of the molecule is O=C(NCCCc1nc2ccccc2c(=O)n1-c1ccc(F)cc1)Nc1cccc(C(F)(F)F)c1. The molecule has 35 heavy (non-hydrogen) atoms. The molecule has 0 aliphatic rings. The molecule has 0 atom stereocenters. The minimum absolute atomic E-state index is 0.0127. The second kappa shape index (κ2) is 9.96. The van der Waals surface area contributed by atoms with Crippen LogP contribution in [0.5, 0.6) is 0 Å². The van der Waals surface area contributed by atoms with E-state index in [-0.39, 0.29) is 17.8 Å². The van der Waals surface area contributed by atoms with Gasteiger partial charge in [-0.25, -0.2) is 14.2 Å². The van der Waals surface area contributed by atoms with E-state index in [1.807, 2.05) is 0 Å². The highest BCUT2D eigenvalue weighted by Crippen LogP contribution is 2.30. The number of hydrogen-bond acceptors (Lipinski definition) is 3. The van der Waals surface area contributed by atoms with E-state index in [0.29, 0.717) is 35.3 Å². The predicted molar refractivity (Wildman–Crippen MR) is 124 cm³/mol. The van der Waals surface area contributed by atoms with E-state index in [1.54, 1.807) is 24.3 Å². The molecule has 0 fully saturated rings. The van der Waals surface area contributed by atoms with Crippen molar-refractivity contribution in [3.63, 3.8) is 0 Å². The quantitative estimate of drug-likeness (QED) is 0.288. The van der Waals surface area contributed by atoms with Gasteiger partial charge in [-0.1, -0.05) is 18.2 Å². The van der Waals surface area contributed by atoms with E-state index in [2.05, 4.69) is 15.6 Å². The topological polar surface area (TPSA) is 76.0 Å². The summed E-state index contributed by atoms with van der Waals surface area (Å²) in [4.78, 5) is 29.9. The van der Waals surface area contributed by atoms with E-state index in [4.69, 9.17) is 0 Å². The maximum atomic E-state index is 13.4. The molecule has 0 unspecified atom stereocenters. The average molecular weight is 484 g/mol. The van der Waals surface area contributed by atoms with E-state index >= 15 is 0 Å². The van der Waals surface area contributed by atoms with Crippen molar-refractivity contribution in [3.05, 3.63) is 100 Å². The van der Waals surface area contributed by atoms with Crippen LogP contribution in [0.25, 0.3) is 16.6 Å². The van der Waals surface area contributed by atoms with Crippen LogP contribution in [-0.2, 0) is 12.6 Å². The molecule has 4 rings (SSSR count). The van der Waals surface area contributed by atoms with Gasteiger partial charge in [-0.05, 0) is 61.0 Å². The summed E-state index contributed by atoms with van der Waals surface area (Å²) in [7, 11) is 0. The molecular formula is C25H20F4N4O2. The Morgan fingerprint density at radius 2 is 1.71 bits per heavy atom. The Balaban J connectivity index is 1.46. The van der Waals surface area contributed by atoms with Gasteiger partial charge < -0.3 is 10.6 Å². The van der Waals surface area contributed by atoms with Crippen molar-refractivity contribution >= 4 is 22.6 Å². The lowest BCUT2D eigenvalue weighted by atomic mass is 10.2. The molecule has 0 bridgehead atoms. The Morgan fingerprint density at radius 3 is 2.46 bits per heavy atom. The van der Waals surface area contributed by atoms with Gasteiger partial charge in [0.15, 0.2) is 0 Å². The second-order valence-corrected chi connectivity index (χ2v) is 7.73. The molecule has 2 amide bonds. The molecule has 0 saturated carbocycles. The molecule has 0 spiro atoms. The van der Waals surface area contributed by atoms with Crippen LogP contribution in [-0.4, -0.2) is 22.1 Å². The van der Waals surface area contributed by atoms with Crippen LogP contribution in [0, 0.1) is 5.82 Å². The van der Waals surface area contributed by atoms with Crippen molar-refractivity contribution in [1.29, 1.82) is 0 Å². The molecule has 0 saturated heterocycles. The van der Waals surface area contributed by atoms with Crippen molar-refractivity contribution in [2.45, 2.75) is 19.0 Å². The normalized spacial score (nSPS) is 11.4. The maximum Gasteiger partial charge on any atom is 0.416 e. The third kappa shape index (κ3) is 5.65. The molecule has 10 heteroatoms. The van der Waals surface area contributed by atoms with Crippen molar-refractivity contribution in [3.8, 4) is 5.69 Å². The highest BCUT2D eigenvalue weighted by molar-refractivity contribution is 5.89. The van der Waals surface area contributed by atoms with Gasteiger partial charge in [-0.15, -0.1) is 0 Å². The van der Waals surface area contributed by atoms with Gasteiger partial charge >= 0.3 is 12.2 Å². The van der Waals surface area contributed by atoms with Crippen molar-refractivity contribution in [2.75, 3.05) is 11.9 Å². The van der Waals surface area contributed by atoms with Gasteiger partial charge in [0.2, 0.25) is 0 Å². The van der Waals surface area contributed by atoms with E-state index in [0.717, 1.165) is 12.1 Å². The largest absolute Gasteiger partial charge is 0.416 e. The molecule has 1 aromatic heterocycles. The molecule has 0 radical (unpaired) electrons. The fourth-order valence-corrected chi connectivity index (χ4v) is 3.60. The standard InChI is InChI=1S/C25H20F4N4O2/c26-17-10-12-19(13-11-17)33-22(32-21-8-2-1-7-20(21)23(33)34)9-4-14-30-24(35)31-18-6-3-5-16(15-18)25(27,28)29/h1-3,5-8,10-13,15H,4,9,14H2,(H2,30,31,35). The Hall–Kier alpha value is -4.21. The first-order valence-electron chi connectivity index (χ1n) is 10.7. The van der Waals surface area contributed by atoms with Crippen LogP contribution in [0.4, 0.5) is 28.0 Å². The first kappa shape index (κ1) is 23.9. The maximum absolute atomic E-state index is 13.4. The monoisotopic (exact) mass is 484 g/mol. The molecule has 2 N–H and O–H groups in total. The van der Waals surface area contributed by atoms with Gasteiger partial charge in [0.05, 0.1) is 22.2 Å². The number of aryl methyl sites for hydroxylation is 1. The smallest absolute Gasteiger partial charge is 0.338 e. The number of nitrogens with zero attached hydrogens (tertiary/aromatic N) is 2. The highest BCUT2D eigenvalue weighted by atomic mass is 19.4. The number of hydrogen-bond donors (Lipinski definition) is 2. The van der Waals surface area contributed by atoms with Crippen LogP contribution in [0.15, 0.2) is 77.6 Å². The Kier molecular flexibility index (Phi) is 6.81. The summed E-state index contributed by atoms with van der Waals surface area (Å²) in [5.74, 6) is -0.00604. The molecule has 4 aromatic rings. The number of aromatic nitrogens is 2. The third-order valence-corrected chi connectivity index (χ3v) is 5.24. The number of nitrogens with one attached hydrogen (secondary N) is 2. The Bertz CT molecular complexity index is 1420. The number of para-hydroxylation sites is 1. The number of amides is 2. The Morgan fingerprint density at radius 1 is 0.971 bits per heavy atom. The predicted octanol–water partition coefficient (Wildman–Crippen LogP) is 5.30. The number of urea groups is 1. The van der Waals surface area contributed by atoms with Crippen LogP contribution in [0.2, 0.25) is 0 Å². The summed E-state index contributed by atoms with van der Waals surface area (Å²) >= 11 is 0. The molecule has 0 aliphatic heterocycles. The third-order valence-electron chi connectivity index (χ3n) is 5.24. The Labute approximate surface area is 197 Å². The van der Waals surface area contributed by atoms with Crippen molar-refractivity contribution < 1.29 is 22.4 Å². The number of benzene rings is 3. The number of carbonyl (C=O) groups is 1.